The summed E-state index contributed by atoms with van der Waals surface area (Å²) in [6.45, 7) is 5.38. The van der Waals surface area contributed by atoms with Gasteiger partial charge in [-0.15, -0.1) is 0 Å². The van der Waals surface area contributed by atoms with E-state index in [0.717, 1.165) is 0 Å². The minimum Gasteiger partial charge on any atom is -0.374 e. The van der Waals surface area contributed by atoms with Crippen LogP contribution in [0, 0.1) is 0 Å². The number of hydrogen-bond acceptors (Lipinski definition) is 2. The SMILES string of the molecule is CCN(CC)C(=O)CNc1c(Cl)cc(Cl)cc1Cl. The number of nitrogens with zero attached hydrogens (tertiary/aromatic N) is 1. The fourth-order valence-electron chi connectivity index (χ4n) is 1.56. The van der Waals surface area contributed by atoms with Gasteiger partial charge in [-0.05, 0) is 26.0 Å². The summed E-state index contributed by atoms with van der Waals surface area (Å²) in [5.41, 5.74) is 0.531. The molecule has 0 atom stereocenters. The maximum atomic E-state index is 11.8. The minimum atomic E-state index is 0.00193. The molecular formula is C12H15Cl3N2O. The van der Waals surface area contributed by atoms with Crippen molar-refractivity contribution in [3.63, 3.8) is 0 Å². The Morgan fingerprint density at radius 2 is 1.67 bits per heavy atom. The van der Waals surface area contributed by atoms with Gasteiger partial charge in [0.05, 0.1) is 22.3 Å². The van der Waals surface area contributed by atoms with Crippen LogP contribution in [0.5, 0.6) is 0 Å². The summed E-state index contributed by atoms with van der Waals surface area (Å²) < 4.78 is 0. The smallest absolute Gasteiger partial charge is 0.241 e. The van der Waals surface area contributed by atoms with E-state index in [9.17, 15) is 4.79 Å². The summed E-state index contributed by atoms with van der Waals surface area (Å²) in [6.07, 6.45) is 0. The van der Waals surface area contributed by atoms with Crippen molar-refractivity contribution < 1.29 is 4.79 Å². The van der Waals surface area contributed by atoms with Crippen LogP contribution < -0.4 is 5.32 Å². The summed E-state index contributed by atoms with van der Waals surface area (Å²) in [7, 11) is 0. The maximum absolute atomic E-state index is 11.8. The van der Waals surface area contributed by atoms with E-state index >= 15 is 0 Å². The number of carbonyl (C=O) groups is 1. The van der Waals surface area contributed by atoms with Crippen LogP contribution in [-0.2, 0) is 4.79 Å². The largest absolute Gasteiger partial charge is 0.374 e. The summed E-state index contributed by atoms with van der Waals surface area (Å²) in [4.78, 5) is 13.5. The van der Waals surface area contributed by atoms with Crippen LogP contribution in [0.1, 0.15) is 13.8 Å². The van der Waals surface area contributed by atoms with Crippen LogP contribution in [-0.4, -0.2) is 30.4 Å². The molecule has 0 bridgehead atoms. The van der Waals surface area contributed by atoms with Crippen LogP contribution in [0.25, 0.3) is 0 Å². The zero-order valence-corrected chi connectivity index (χ0v) is 12.5. The van der Waals surface area contributed by atoms with Crippen molar-refractivity contribution in [2.24, 2.45) is 0 Å². The Morgan fingerprint density at radius 3 is 2.11 bits per heavy atom. The molecule has 1 N–H and O–H groups in total. The molecule has 0 heterocycles. The Hall–Kier alpha value is -0.640. The molecular weight excluding hydrogens is 295 g/mol. The van der Waals surface area contributed by atoms with Crippen LogP contribution >= 0.6 is 34.8 Å². The second-order valence-electron chi connectivity index (χ2n) is 3.66. The highest BCUT2D eigenvalue weighted by Gasteiger charge is 2.12. The van der Waals surface area contributed by atoms with E-state index in [0.29, 0.717) is 33.8 Å². The first-order chi connectivity index (χ1) is 8.49. The third-order valence-corrected chi connectivity index (χ3v) is 3.35. The predicted octanol–water partition coefficient (Wildman–Crippen LogP) is 3.93. The minimum absolute atomic E-state index is 0.00193. The summed E-state index contributed by atoms with van der Waals surface area (Å²) in [5.74, 6) is 0.00193. The maximum Gasteiger partial charge on any atom is 0.241 e. The highest BCUT2D eigenvalue weighted by Crippen LogP contribution is 2.33. The molecule has 0 aliphatic rings. The Kier molecular flexibility index (Phi) is 6.06. The van der Waals surface area contributed by atoms with Gasteiger partial charge in [0.2, 0.25) is 5.91 Å². The normalized spacial score (nSPS) is 10.3. The number of amides is 1. The van der Waals surface area contributed by atoms with Crippen molar-refractivity contribution >= 4 is 46.4 Å². The molecule has 0 unspecified atom stereocenters. The second kappa shape index (κ2) is 7.07. The van der Waals surface area contributed by atoms with Gasteiger partial charge in [0, 0.05) is 18.1 Å². The van der Waals surface area contributed by atoms with Crippen molar-refractivity contribution in [2.45, 2.75) is 13.8 Å². The third kappa shape index (κ3) is 3.94. The molecule has 100 valence electrons. The van der Waals surface area contributed by atoms with Crippen LogP contribution in [0.2, 0.25) is 15.1 Å². The van der Waals surface area contributed by atoms with E-state index in [1.54, 1.807) is 17.0 Å². The second-order valence-corrected chi connectivity index (χ2v) is 4.91. The van der Waals surface area contributed by atoms with Gasteiger partial charge in [0.15, 0.2) is 0 Å². The number of nitrogens with one attached hydrogen (secondary N) is 1. The summed E-state index contributed by atoms with van der Waals surface area (Å²) in [5, 5.41) is 4.21. The van der Waals surface area contributed by atoms with Gasteiger partial charge < -0.3 is 10.2 Å². The first-order valence-electron chi connectivity index (χ1n) is 5.65. The highest BCUT2D eigenvalue weighted by molar-refractivity contribution is 6.41. The Balaban J connectivity index is 2.72. The topological polar surface area (TPSA) is 32.3 Å². The van der Waals surface area contributed by atoms with E-state index in [-0.39, 0.29) is 12.5 Å². The van der Waals surface area contributed by atoms with E-state index in [1.165, 1.54) is 0 Å². The number of halogens is 3. The fraction of sp³-hybridized carbons (Fsp3) is 0.417. The fourth-order valence-corrected chi connectivity index (χ4v) is 2.51. The molecule has 0 saturated heterocycles. The van der Waals surface area contributed by atoms with Crippen molar-refractivity contribution in [3.05, 3.63) is 27.2 Å². The number of likely N-dealkylation sites (N-methyl/N-ethyl adjacent to an activating group) is 1. The van der Waals surface area contributed by atoms with E-state index < -0.39 is 0 Å². The average Bonchev–Trinajstić information content (AvgIpc) is 2.29. The van der Waals surface area contributed by atoms with Gasteiger partial charge in [0.25, 0.3) is 0 Å². The molecule has 0 aliphatic heterocycles. The van der Waals surface area contributed by atoms with Gasteiger partial charge in [-0.2, -0.15) is 0 Å². The van der Waals surface area contributed by atoms with Crippen molar-refractivity contribution in [1.29, 1.82) is 0 Å². The molecule has 3 nitrogen and oxygen atoms in total. The van der Waals surface area contributed by atoms with Gasteiger partial charge in [-0.1, -0.05) is 34.8 Å². The lowest BCUT2D eigenvalue weighted by Gasteiger charge is -2.19. The average molecular weight is 310 g/mol. The molecule has 1 amide bonds. The lowest BCUT2D eigenvalue weighted by molar-refractivity contribution is -0.128. The molecule has 0 fully saturated rings. The van der Waals surface area contributed by atoms with Crippen LogP contribution in [0.3, 0.4) is 0 Å². The first kappa shape index (κ1) is 15.4. The molecule has 18 heavy (non-hydrogen) atoms. The van der Waals surface area contributed by atoms with Gasteiger partial charge in [-0.3, -0.25) is 4.79 Å². The number of carbonyl (C=O) groups excluding carboxylic acids is 1. The molecule has 0 spiro atoms. The molecule has 1 rings (SSSR count). The lowest BCUT2D eigenvalue weighted by atomic mass is 10.3. The Labute approximate surface area is 122 Å². The van der Waals surface area contributed by atoms with Gasteiger partial charge in [0.1, 0.15) is 0 Å². The lowest BCUT2D eigenvalue weighted by Crippen LogP contribution is -2.35. The van der Waals surface area contributed by atoms with Crippen LogP contribution in [0.15, 0.2) is 12.1 Å². The van der Waals surface area contributed by atoms with Gasteiger partial charge >= 0.3 is 0 Å². The number of hydrogen-bond donors (Lipinski definition) is 1. The number of rotatable bonds is 5. The standard InChI is InChI=1S/C12H15Cl3N2O/c1-3-17(4-2)11(18)7-16-12-9(14)5-8(13)6-10(12)15/h5-6,16H,3-4,7H2,1-2H3. The first-order valence-corrected chi connectivity index (χ1v) is 6.79. The van der Waals surface area contributed by atoms with Crippen LogP contribution in [0.4, 0.5) is 5.69 Å². The molecule has 0 saturated carbocycles. The van der Waals surface area contributed by atoms with Crippen molar-refractivity contribution in [1.82, 2.24) is 4.90 Å². The molecule has 1 aromatic rings. The molecule has 6 heteroatoms. The summed E-state index contributed by atoms with van der Waals surface area (Å²) >= 11 is 17.8. The highest BCUT2D eigenvalue weighted by atomic mass is 35.5. The predicted molar refractivity (Wildman–Crippen MR) is 77.9 cm³/mol. The quantitative estimate of drug-likeness (QED) is 0.894. The zero-order valence-electron chi connectivity index (χ0n) is 10.3. The zero-order chi connectivity index (χ0) is 13.7. The molecule has 0 aliphatic carbocycles. The number of benzene rings is 1. The summed E-state index contributed by atoms with van der Waals surface area (Å²) in [6, 6.07) is 3.17. The Morgan fingerprint density at radius 1 is 1.17 bits per heavy atom. The van der Waals surface area contributed by atoms with Crippen molar-refractivity contribution in [2.75, 3.05) is 25.0 Å². The Bertz CT molecular complexity index is 410. The molecule has 0 radical (unpaired) electrons. The van der Waals surface area contributed by atoms with E-state index in [2.05, 4.69) is 5.32 Å². The van der Waals surface area contributed by atoms with E-state index in [4.69, 9.17) is 34.8 Å². The van der Waals surface area contributed by atoms with E-state index in [1.807, 2.05) is 13.8 Å². The van der Waals surface area contributed by atoms with Gasteiger partial charge in [-0.25, -0.2) is 0 Å². The monoisotopic (exact) mass is 308 g/mol. The molecule has 1 aromatic carbocycles. The van der Waals surface area contributed by atoms with Crippen molar-refractivity contribution in [3.8, 4) is 0 Å². The third-order valence-electron chi connectivity index (χ3n) is 2.54. The molecule has 0 aromatic heterocycles. The number of anilines is 1.